The lowest BCUT2D eigenvalue weighted by molar-refractivity contribution is 0.0600. The second kappa shape index (κ2) is 5.82. The van der Waals surface area contributed by atoms with Gasteiger partial charge in [-0.2, -0.15) is 0 Å². The van der Waals surface area contributed by atoms with Crippen molar-refractivity contribution in [3.8, 4) is 0 Å². The maximum absolute atomic E-state index is 11.6. The van der Waals surface area contributed by atoms with Gasteiger partial charge < -0.3 is 4.74 Å². The van der Waals surface area contributed by atoms with Crippen LogP contribution in [0, 0.1) is 0 Å². The number of ether oxygens (including phenoxy) is 1. The van der Waals surface area contributed by atoms with E-state index in [1.54, 1.807) is 6.07 Å². The summed E-state index contributed by atoms with van der Waals surface area (Å²) in [6.07, 6.45) is 3.89. The van der Waals surface area contributed by atoms with Gasteiger partial charge >= 0.3 is 5.97 Å². The number of hydrogen-bond donors (Lipinski definition) is 0. The van der Waals surface area contributed by atoms with Crippen LogP contribution in [0.2, 0.25) is 0 Å². The highest BCUT2D eigenvalue weighted by atomic mass is 16.5. The molecule has 0 amide bonds. The molecule has 0 N–H and O–H groups in total. The minimum atomic E-state index is -0.316. The number of hydrogen-bond acceptors (Lipinski definition) is 2. The van der Waals surface area contributed by atoms with Crippen molar-refractivity contribution in [1.82, 2.24) is 0 Å². The largest absolute Gasteiger partial charge is 0.465 e. The Morgan fingerprint density at radius 2 is 1.61 bits per heavy atom. The molecule has 2 aromatic rings. The molecule has 0 fully saturated rings. The second-order valence-electron chi connectivity index (χ2n) is 3.82. The van der Waals surface area contributed by atoms with Gasteiger partial charge in [0.15, 0.2) is 0 Å². The number of carbonyl (C=O) groups is 1. The van der Waals surface area contributed by atoms with E-state index in [0.29, 0.717) is 5.56 Å². The topological polar surface area (TPSA) is 26.3 Å². The van der Waals surface area contributed by atoms with E-state index in [9.17, 15) is 4.79 Å². The molecule has 0 aliphatic carbocycles. The Hall–Kier alpha value is -2.35. The first-order valence-corrected chi connectivity index (χ1v) is 5.72. The molecule has 2 heteroatoms. The summed E-state index contributed by atoms with van der Waals surface area (Å²) in [4.78, 5) is 11.6. The quantitative estimate of drug-likeness (QED) is 0.602. The smallest absolute Gasteiger partial charge is 0.338 e. The fourth-order valence-electron chi connectivity index (χ4n) is 1.69. The standard InChI is InChI=1S/C16H14O2/c1-18-16(17)15-10-6-5-9-14(15)12-11-13-7-3-2-4-8-13/h2-12H,1H3. The van der Waals surface area contributed by atoms with Crippen molar-refractivity contribution in [1.29, 1.82) is 0 Å². The van der Waals surface area contributed by atoms with E-state index < -0.39 is 0 Å². The molecule has 0 aromatic heterocycles. The van der Waals surface area contributed by atoms with E-state index >= 15 is 0 Å². The van der Waals surface area contributed by atoms with Crippen LogP contribution in [0.15, 0.2) is 54.6 Å². The van der Waals surface area contributed by atoms with Gasteiger partial charge in [-0.3, -0.25) is 0 Å². The summed E-state index contributed by atoms with van der Waals surface area (Å²) in [7, 11) is 1.39. The molecule has 0 atom stereocenters. The molecule has 0 unspecified atom stereocenters. The molecule has 0 aliphatic heterocycles. The van der Waals surface area contributed by atoms with Gasteiger partial charge in [-0.1, -0.05) is 60.7 Å². The average molecular weight is 238 g/mol. The summed E-state index contributed by atoms with van der Waals surface area (Å²) in [6.45, 7) is 0. The number of methoxy groups -OCH3 is 1. The van der Waals surface area contributed by atoms with Crippen molar-refractivity contribution in [3.05, 3.63) is 71.3 Å². The summed E-state index contributed by atoms with van der Waals surface area (Å²) in [5.41, 5.74) is 2.53. The summed E-state index contributed by atoms with van der Waals surface area (Å²) >= 11 is 0. The molecule has 90 valence electrons. The van der Waals surface area contributed by atoms with Crippen LogP contribution >= 0.6 is 0 Å². The number of carbonyl (C=O) groups excluding carboxylic acids is 1. The Morgan fingerprint density at radius 3 is 2.33 bits per heavy atom. The minimum Gasteiger partial charge on any atom is -0.465 e. The molecule has 0 saturated heterocycles. The molecule has 2 nitrogen and oxygen atoms in total. The Morgan fingerprint density at radius 1 is 0.944 bits per heavy atom. The Labute approximate surface area is 107 Å². The predicted octanol–water partition coefficient (Wildman–Crippen LogP) is 3.64. The molecule has 0 saturated carbocycles. The molecule has 0 bridgehead atoms. The summed E-state index contributed by atoms with van der Waals surface area (Å²) in [6, 6.07) is 17.3. The van der Waals surface area contributed by atoms with E-state index in [1.807, 2.05) is 60.7 Å². The minimum absolute atomic E-state index is 0.316. The lowest BCUT2D eigenvalue weighted by Crippen LogP contribution is -2.02. The van der Waals surface area contributed by atoms with Crippen molar-refractivity contribution >= 4 is 18.1 Å². The van der Waals surface area contributed by atoms with Gasteiger partial charge in [0.2, 0.25) is 0 Å². The van der Waals surface area contributed by atoms with Crippen molar-refractivity contribution < 1.29 is 9.53 Å². The maximum Gasteiger partial charge on any atom is 0.338 e. The second-order valence-corrected chi connectivity index (χ2v) is 3.82. The van der Waals surface area contributed by atoms with Crippen LogP contribution in [0.4, 0.5) is 0 Å². The van der Waals surface area contributed by atoms with Crippen LogP contribution in [-0.2, 0) is 4.74 Å². The monoisotopic (exact) mass is 238 g/mol. The van der Waals surface area contributed by atoms with Gasteiger partial charge in [-0.25, -0.2) is 4.79 Å². The van der Waals surface area contributed by atoms with Crippen LogP contribution in [0.25, 0.3) is 12.2 Å². The molecule has 2 aromatic carbocycles. The number of benzene rings is 2. The molecular formula is C16H14O2. The highest BCUT2D eigenvalue weighted by Gasteiger charge is 2.08. The van der Waals surface area contributed by atoms with Gasteiger partial charge in [0, 0.05) is 0 Å². The van der Waals surface area contributed by atoms with Crippen LogP contribution in [0.3, 0.4) is 0 Å². The van der Waals surface area contributed by atoms with E-state index in [1.165, 1.54) is 7.11 Å². The average Bonchev–Trinajstić information content (AvgIpc) is 2.45. The van der Waals surface area contributed by atoms with Gasteiger partial charge in [-0.05, 0) is 17.2 Å². The third-order valence-corrected chi connectivity index (χ3v) is 2.62. The Bertz CT molecular complexity index is 556. The first-order chi connectivity index (χ1) is 8.81. The summed E-state index contributed by atoms with van der Waals surface area (Å²) < 4.78 is 4.76. The first-order valence-electron chi connectivity index (χ1n) is 5.72. The summed E-state index contributed by atoms with van der Waals surface area (Å²) in [5.74, 6) is -0.316. The van der Waals surface area contributed by atoms with Crippen molar-refractivity contribution in [2.75, 3.05) is 7.11 Å². The highest BCUT2D eigenvalue weighted by Crippen LogP contribution is 2.14. The summed E-state index contributed by atoms with van der Waals surface area (Å²) in [5, 5.41) is 0. The first kappa shape index (κ1) is 12.1. The van der Waals surface area contributed by atoms with Gasteiger partial charge in [0.1, 0.15) is 0 Å². The van der Waals surface area contributed by atoms with Crippen molar-refractivity contribution in [2.24, 2.45) is 0 Å². The zero-order chi connectivity index (χ0) is 12.8. The highest BCUT2D eigenvalue weighted by molar-refractivity contribution is 5.94. The van der Waals surface area contributed by atoms with Crippen LogP contribution in [0.1, 0.15) is 21.5 Å². The van der Waals surface area contributed by atoms with E-state index in [4.69, 9.17) is 4.74 Å². The van der Waals surface area contributed by atoms with Crippen LogP contribution in [-0.4, -0.2) is 13.1 Å². The molecule has 0 radical (unpaired) electrons. The van der Waals surface area contributed by atoms with Gasteiger partial charge in [0.25, 0.3) is 0 Å². The molecule has 0 heterocycles. The number of esters is 1. The maximum atomic E-state index is 11.6. The molecule has 18 heavy (non-hydrogen) atoms. The van der Waals surface area contributed by atoms with Gasteiger partial charge in [-0.15, -0.1) is 0 Å². The zero-order valence-corrected chi connectivity index (χ0v) is 10.2. The lowest BCUT2D eigenvalue weighted by atomic mass is 10.1. The van der Waals surface area contributed by atoms with E-state index in [0.717, 1.165) is 11.1 Å². The Kier molecular flexibility index (Phi) is 3.92. The SMILES string of the molecule is COC(=O)c1ccccc1C=Cc1ccccc1. The third-order valence-electron chi connectivity index (χ3n) is 2.62. The lowest BCUT2D eigenvalue weighted by Gasteiger charge is -2.03. The third kappa shape index (κ3) is 2.86. The zero-order valence-electron chi connectivity index (χ0n) is 10.2. The fraction of sp³-hybridized carbons (Fsp3) is 0.0625. The molecular weight excluding hydrogens is 224 g/mol. The molecule has 2 rings (SSSR count). The predicted molar refractivity (Wildman–Crippen MR) is 73.2 cm³/mol. The molecule has 0 spiro atoms. The van der Waals surface area contributed by atoms with Crippen LogP contribution in [0.5, 0.6) is 0 Å². The fourth-order valence-corrected chi connectivity index (χ4v) is 1.69. The normalized spacial score (nSPS) is 10.5. The Balaban J connectivity index is 2.29. The molecule has 0 aliphatic rings. The van der Waals surface area contributed by atoms with Crippen molar-refractivity contribution in [2.45, 2.75) is 0 Å². The number of rotatable bonds is 3. The van der Waals surface area contributed by atoms with Gasteiger partial charge in [0.05, 0.1) is 12.7 Å². The van der Waals surface area contributed by atoms with E-state index in [-0.39, 0.29) is 5.97 Å². The van der Waals surface area contributed by atoms with Crippen LogP contribution < -0.4 is 0 Å². The van der Waals surface area contributed by atoms with E-state index in [2.05, 4.69) is 0 Å². The van der Waals surface area contributed by atoms with Crippen molar-refractivity contribution in [3.63, 3.8) is 0 Å².